The first-order valence-corrected chi connectivity index (χ1v) is 4.49. The van der Waals surface area contributed by atoms with E-state index in [1.165, 1.54) is 32.1 Å². The van der Waals surface area contributed by atoms with E-state index in [1.807, 2.05) is 0 Å². The molecule has 0 aromatic rings. The van der Waals surface area contributed by atoms with Crippen molar-refractivity contribution in [3.05, 3.63) is 0 Å². The molecule has 1 nitrogen and oxygen atoms in total. The molecule has 2 unspecified atom stereocenters. The van der Waals surface area contributed by atoms with E-state index in [1.54, 1.807) is 0 Å². The molecule has 2 fully saturated rings. The van der Waals surface area contributed by atoms with E-state index in [9.17, 15) is 0 Å². The third-order valence-electron chi connectivity index (χ3n) is 3.21. The van der Waals surface area contributed by atoms with Crippen LogP contribution in [0.15, 0.2) is 0 Å². The lowest BCUT2D eigenvalue weighted by atomic mass is 9.91. The summed E-state index contributed by atoms with van der Waals surface area (Å²) in [5.41, 5.74) is 0.390. The first-order chi connectivity index (χ1) is 4.85. The number of ether oxygens (including phenoxy) is 1. The first kappa shape index (κ1) is 6.66. The fraction of sp³-hybridized carbons (Fsp3) is 1.00. The van der Waals surface area contributed by atoms with Crippen molar-refractivity contribution in [2.45, 2.75) is 44.6 Å². The summed E-state index contributed by atoms with van der Waals surface area (Å²) in [6.07, 6.45) is 6.79. The van der Waals surface area contributed by atoms with Crippen molar-refractivity contribution in [1.29, 1.82) is 0 Å². The van der Waals surface area contributed by atoms with Crippen LogP contribution in [-0.2, 0) is 4.74 Å². The summed E-state index contributed by atoms with van der Waals surface area (Å²) in [4.78, 5) is 0. The van der Waals surface area contributed by atoms with Gasteiger partial charge >= 0.3 is 0 Å². The summed E-state index contributed by atoms with van der Waals surface area (Å²) in [6, 6.07) is 0. The zero-order valence-electron chi connectivity index (χ0n) is 6.73. The van der Waals surface area contributed by atoms with E-state index in [4.69, 9.17) is 4.74 Å². The molecule has 0 radical (unpaired) electrons. The second-order valence-corrected chi connectivity index (χ2v) is 3.80. The summed E-state index contributed by atoms with van der Waals surface area (Å²) in [5, 5.41) is 0. The summed E-state index contributed by atoms with van der Waals surface area (Å²) in [5.74, 6) is 0.972. The topological polar surface area (TPSA) is 9.23 Å². The van der Waals surface area contributed by atoms with Gasteiger partial charge in [-0.15, -0.1) is 0 Å². The second kappa shape index (κ2) is 2.23. The van der Waals surface area contributed by atoms with Crippen LogP contribution in [0.4, 0.5) is 0 Å². The molecule has 1 saturated carbocycles. The zero-order chi connectivity index (χ0) is 7.03. The van der Waals surface area contributed by atoms with Crippen LogP contribution in [0.2, 0.25) is 0 Å². The molecule has 0 aromatic heterocycles. The van der Waals surface area contributed by atoms with Gasteiger partial charge in [0.2, 0.25) is 0 Å². The predicted octanol–water partition coefficient (Wildman–Crippen LogP) is 2.36. The van der Waals surface area contributed by atoms with E-state index < -0.39 is 0 Å². The largest absolute Gasteiger partial charge is 0.375 e. The van der Waals surface area contributed by atoms with Gasteiger partial charge in [0.15, 0.2) is 0 Å². The smallest absolute Gasteiger partial charge is 0.0707 e. The lowest BCUT2D eigenvalue weighted by molar-refractivity contribution is -0.143. The molecule has 0 amide bonds. The molecular formula is C9H16O. The van der Waals surface area contributed by atoms with Gasteiger partial charge in [0.05, 0.1) is 12.2 Å². The fourth-order valence-electron chi connectivity index (χ4n) is 2.29. The Morgan fingerprint density at radius 3 is 2.60 bits per heavy atom. The minimum atomic E-state index is 0.390. The van der Waals surface area contributed by atoms with Crippen molar-refractivity contribution in [2.75, 3.05) is 6.61 Å². The van der Waals surface area contributed by atoms with Gasteiger partial charge in [0.25, 0.3) is 0 Å². The molecule has 1 saturated heterocycles. The molecule has 0 bridgehead atoms. The van der Waals surface area contributed by atoms with E-state index in [0.29, 0.717) is 5.60 Å². The summed E-state index contributed by atoms with van der Waals surface area (Å²) < 4.78 is 5.61. The monoisotopic (exact) mass is 140 g/mol. The normalized spacial score (nSPS) is 45.9. The molecule has 2 rings (SSSR count). The number of hydrogen-bond donors (Lipinski definition) is 0. The molecule has 1 heteroatoms. The van der Waals surface area contributed by atoms with Crippen LogP contribution in [0.25, 0.3) is 0 Å². The Hall–Kier alpha value is -0.0400. The quantitative estimate of drug-likeness (QED) is 0.543. The maximum absolute atomic E-state index is 5.61. The molecule has 10 heavy (non-hydrogen) atoms. The van der Waals surface area contributed by atoms with Crippen LogP contribution in [0.5, 0.6) is 0 Å². The molecule has 2 atom stereocenters. The lowest BCUT2D eigenvalue weighted by Crippen LogP contribution is -2.41. The summed E-state index contributed by atoms with van der Waals surface area (Å²) >= 11 is 0. The zero-order valence-corrected chi connectivity index (χ0v) is 6.73. The van der Waals surface area contributed by atoms with Crippen LogP contribution in [0.3, 0.4) is 0 Å². The van der Waals surface area contributed by atoms with Crippen molar-refractivity contribution in [1.82, 2.24) is 0 Å². The average molecular weight is 140 g/mol. The highest BCUT2D eigenvalue weighted by atomic mass is 16.5. The van der Waals surface area contributed by atoms with E-state index in [-0.39, 0.29) is 0 Å². The van der Waals surface area contributed by atoms with Gasteiger partial charge in [-0.05, 0) is 31.6 Å². The predicted molar refractivity (Wildman–Crippen MR) is 40.9 cm³/mol. The van der Waals surface area contributed by atoms with Gasteiger partial charge in [-0.2, -0.15) is 0 Å². The Morgan fingerprint density at radius 2 is 2.30 bits per heavy atom. The van der Waals surface area contributed by atoms with Gasteiger partial charge in [-0.3, -0.25) is 0 Å². The second-order valence-electron chi connectivity index (χ2n) is 3.80. The molecule has 58 valence electrons. The number of hydrogen-bond acceptors (Lipinski definition) is 1. The molecule has 1 aliphatic heterocycles. The molecule has 1 aliphatic carbocycles. The highest BCUT2D eigenvalue weighted by Crippen LogP contribution is 2.45. The Labute approximate surface area is 62.8 Å². The van der Waals surface area contributed by atoms with E-state index in [2.05, 4.69) is 6.92 Å². The molecule has 0 N–H and O–H groups in total. The minimum Gasteiger partial charge on any atom is -0.375 e. The van der Waals surface area contributed by atoms with Gasteiger partial charge in [0.1, 0.15) is 0 Å². The van der Waals surface area contributed by atoms with Crippen LogP contribution in [0, 0.1) is 5.92 Å². The molecule has 2 aliphatic rings. The maximum Gasteiger partial charge on any atom is 0.0707 e. The van der Waals surface area contributed by atoms with Crippen molar-refractivity contribution < 1.29 is 4.74 Å². The van der Waals surface area contributed by atoms with E-state index in [0.717, 1.165) is 12.5 Å². The average Bonchev–Trinajstić information content (AvgIpc) is 2.29. The molecule has 0 aromatic carbocycles. The van der Waals surface area contributed by atoms with Gasteiger partial charge < -0.3 is 4.74 Å². The fourth-order valence-corrected chi connectivity index (χ4v) is 2.29. The van der Waals surface area contributed by atoms with Gasteiger partial charge in [0, 0.05) is 0 Å². The SMILES string of the molecule is CCC1CCC2(CCO2)C1. The van der Waals surface area contributed by atoms with Crippen molar-refractivity contribution >= 4 is 0 Å². The standard InChI is InChI=1S/C9H16O/c1-2-8-3-4-9(7-8)5-6-10-9/h8H,2-7H2,1H3. The van der Waals surface area contributed by atoms with Gasteiger partial charge in [-0.25, -0.2) is 0 Å². The highest BCUT2D eigenvalue weighted by molar-refractivity contribution is 4.94. The van der Waals surface area contributed by atoms with Crippen LogP contribution >= 0.6 is 0 Å². The van der Waals surface area contributed by atoms with Crippen molar-refractivity contribution in [3.8, 4) is 0 Å². The third-order valence-corrected chi connectivity index (χ3v) is 3.21. The van der Waals surface area contributed by atoms with E-state index >= 15 is 0 Å². The van der Waals surface area contributed by atoms with Crippen LogP contribution in [0.1, 0.15) is 39.0 Å². The third kappa shape index (κ3) is 0.878. The Bertz CT molecular complexity index is 127. The van der Waals surface area contributed by atoms with Crippen molar-refractivity contribution in [2.24, 2.45) is 5.92 Å². The van der Waals surface area contributed by atoms with Crippen LogP contribution < -0.4 is 0 Å². The highest BCUT2D eigenvalue weighted by Gasteiger charge is 2.44. The number of rotatable bonds is 1. The maximum atomic E-state index is 5.61. The molecule has 1 heterocycles. The lowest BCUT2D eigenvalue weighted by Gasteiger charge is -2.38. The minimum absolute atomic E-state index is 0.390. The first-order valence-electron chi connectivity index (χ1n) is 4.49. The molecular weight excluding hydrogens is 124 g/mol. The Morgan fingerprint density at radius 1 is 1.50 bits per heavy atom. The van der Waals surface area contributed by atoms with Crippen LogP contribution in [-0.4, -0.2) is 12.2 Å². The Balaban J connectivity index is 1.92. The van der Waals surface area contributed by atoms with Gasteiger partial charge in [-0.1, -0.05) is 13.3 Å². The Kier molecular flexibility index (Phi) is 1.48. The molecule has 1 spiro atoms. The summed E-state index contributed by atoms with van der Waals surface area (Å²) in [7, 11) is 0. The van der Waals surface area contributed by atoms with Crippen molar-refractivity contribution in [3.63, 3.8) is 0 Å². The summed E-state index contributed by atoms with van der Waals surface area (Å²) in [6.45, 7) is 3.32.